The minimum atomic E-state index is -3.51. The second kappa shape index (κ2) is 11.2. The molecule has 2 atom stereocenters. The first kappa shape index (κ1) is 28.7. The van der Waals surface area contributed by atoms with Gasteiger partial charge in [-0.15, -0.1) is 0 Å². The molecule has 0 bridgehead atoms. The van der Waals surface area contributed by atoms with E-state index in [-0.39, 0.29) is 12.1 Å². The number of methoxy groups -OCH3 is 2. The summed E-state index contributed by atoms with van der Waals surface area (Å²) in [7, 11) is -0.378. The summed E-state index contributed by atoms with van der Waals surface area (Å²) in [6, 6.07) is 18.1. The highest BCUT2D eigenvalue weighted by atomic mass is 35.5. The van der Waals surface area contributed by atoms with Gasteiger partial charge in [0, 0.05) is 34.4 Å². The predicted molar refractivity (Wildman–Crippen MR) is 166 cm³/mol. The largest absolute Gasteiger partial charge is 0.495 e. The quantitative estimate of drug-likeness (QED) is 0.245. The van der Waals surface area contributed by atoms with E-state index in [0.717, 1.165) is 40.3 Å². The Labute approximate surface area is 250 Å². The maximum atomic E-state index is 11.9. The van der Waals surface area contributed by atoms with E-state index < -0.39 is 10.0 Å². The van der Waals surface area contributed by atoms with Gasteiger partial charge in [0.1, 0.15) is 11.5 Å². The van der Waals surface area contributed by atoms with Gasteiger partial charge in [0.15, 0.2) is 5.11 Å². The van der Waals surface area contributed by atoms with E-state index in [0.29, 0.717) is 27.3 Å². The van der Waals surface area contributed by atoms with Crippen LogP contribution in [0, 0.1) is 13.8 Å². The number of aromatic nitrogens is 2. The van der Waals surface area contributed by atoms with Gasteiger partial charge in [0.2, 0.25) is 10.0 Å². The third-order valence-electron chi connectivity index (χ3n) is 7.03. The Balaban J connectivity index is 1.69. The zero-order valence-corrected chi connectivity index (χ0v) is 25.6. The second-order valence-corrected chi connectivity index (χ2v) is 12.3. The number of nitrogens with zero attached hydrogens (tertiary/aromatic N) is 3. The molecule has 1 aliphatic heterocycles. The number of hydrogen-bond donors (Lipinski definition) is 2. The van der Waals surface area contributed by atoms with Crippen molar-refractivity contribution in [3.8, 4) is 17.2 Å². The molecule has 12 heteroatoms. The molecular formula is C29H30ClN5O4S2. The molecule has 1 aliphatic rings. The molecule has 2 aromatic heterocycles. The molecule has 0 saturated carbocycles. The van der Waals surface area contributed by atoms with Gasteiger partial charge in [-0.3, -0.25) is 9.71 Å². The van der Waals surface area contributed by atoms with Crippen molar-refractivity contribution in [3.63, 3.8) is 0 Å². The lowest BCUT2D eigenvalue weighted by Gasteiger charge is -2.29. The molecule has 0 amide bonds. The number of sulfonamides is 1. The molecule has 1 saturated heterocycles. The minimum absolute atomic E-state index is 0.279. The van der Waals surface area contributed by atoms with Crippen molar-refractivity contribution < 1.29 is 17.9 Å². The van der Waals surface area contributed by atoms with E-state index in [9.17, 15) is 8.42 Å². The maximum Gasteiger partial charge on any atom is 0.229 e. The summed E-state index contributed by atoms with van der Waals surface area (Å²) < 4.78 is 39.7. The molecule has 3 heterocycles. The smallest absolute Gasteiger partial charge is 0.229 e. The highest BCUT2D eigenvalue weighted by Crippen LogP contribution is 2.45. The number of nitrogens with one attached hydrogen (secondary N) is 2. The molecule has 214 valence electrons. The first-order chi connectivity index (χ1) is 19.5. The van der Waals surface area contributed by atoms with Crippen LogP contribution in [0.4, 0.5) is 11.4 Å². The molecule has 1 fully saturated rings. The van der Waals surface area contributed by atoms with Crippen LogP contribution in [0.25, 0.3) is 5.69 Å². The van der Waals surface area contributed by atoms with Gasteiger partial charge in [-0.05, 0) is 80.2 Å². The summed E-state index contributed by atoms with van der Waals surface area (Å²) >= 11 is 12.3. The average molecular weight is 612 g/mol. The summed E-state index contributed by atoms with van der Waals surface area (Å²) in [6.07, 6.45) is 2.85. The van der Waals surface area contributed by atoms with Gasteiger partial charge in [-0.25, -0.2) is 8.42 Å². The number of halogens is 1. The lowest BCUT2D eigenvalue weighted by atomic mass is 9.96. The van der Waals surface area contributed by atoms with Crippen LogP contribution in [-0.2, 0) is 10.0 Å². The number of aryl methyl sites for hydroxylation is 1. The molecule has 0 spiro atoms. The van der Waals surface area contributed by atoms with Crippen molar-refractivity contribution in [2.24, 2.45) is 0 Å². The highest BCUT2D eigenvalue weighted by Gasteiger charge is 2.42. The molecule has 4 aromatic rings. The summed E-state index contributed by atoms with van der Waals surface area (Å²) in [5.41, 5.74) is 5.70. The molecule has 0 radical (unpaired) electrons. The summed E-state index contributed by atoms with van der Waals surface area (Å²) in [4.78, 5) is 6.67. The standard InChI is InChI=1S/C29H30ClN5O4S2/c1-17-14-21(18(2)34(17)24-15-19(30)9-12-25(24)38-3)28-27(23-8-6-7-13-31-23)32-29(40)35(28)20-10-11-22(26(16-20)39-4)33-41(5,36)37/h6-16,27-28,33H,1-5H3,(H,32,40)/t27-,28-/m1/s1. The average Bonchev–Trinajstić information content (AvgIpc) is 3.43. The number of hydrogen-bond acceptors (Lipinski definition) is 6. The van der Waals surface area contributed by atoms with Gasteiger partial charge in [0.25, 0.3) is 0 Å². The fourth-order valence-corrected chi connectivity index (χ4v) is 6.44. The zero-order valence-electron chi connectivity index (χ0n) is 23.2. The van der Waals surface area contributed by atoms with Crippen molar-refractivity contribution in [1.29, 1.82) is 0 Å². The molecule has 2 N–H and O–H groups in total. The Morgan fingerprint density at radius 3 is 2.44 bits per heavy atom. The highest BCUT2D eigenvalue weighted by molar-refractivity contribution is 7.92. The second-order valence-electron chi connectivity index (χ2n) is 9.73. The van der Waals surface area contributed by atoms with Crippen LogP contribution < -0.4 is 24.4 Å². The molecule has 2 aromatic carbocycles. The normalized spacial score (nSPS) is 16.9. The number of rotatable bonds is 8. The van der Waals surface area contributed by atoms with Crippen molar-refractivity contribution in [2.45, 2.75) is 25.9 Å². The van der Waals surface area contributed by atoms with Crippen LogP contribution in [0.3, 0.4) is 0 Å². The summed E-state index contributed by atoms with van der Waals surface area (Å²) in [5, 5.41) is 4.57. The molecule has 9 nitrogen and oxygen atoms in total. The monoisotopic (exact) mass is 611 g/mol. The summed E-state index contributed by atoms with van der Waals surface area (Å²) in [6.45, 7) is 4.09. The number of ether oxygens (including phenoxy) is 2. The van der Waals surface area contributed by atoms with Gasteiger partial charge < -0.3 is 24.3 Å². The van der Waals surface area contributed by atoms with Crippen molar-refractivity contribution in [3.05, 3.63) is 94.5 Å². The Morgan fingerprint density at radius 2 is 1.78 bits per heavy atom. The minimum Gasteiger partial charge on any atom is -0.495 e. The van der Waals surface area contributed by atoms with Crippen LogP contribution in [0.1, 0.15) is 34.7 Å². The lowest BCUT2D eigenvalue weighted by Crippen LogP contribution is -2.29. The number of pyridine rings is 1. The first-order valence-corrected chi connectivity index (χ1v) is 15.4. The van der Waals surface area contributed by atoms with E-state index in [2.05, 4.69) is 32.6 Å². The molecule has 41 heavy (non-hydrogen) atoms. The van der Waals surface area contributed by atoms with Crippen LogP contribution in [0.5, 0.6) is 11.5 Å². The van der Waals surface area contributed by atoms with E-state index in [1.54, 1.807) is 31.5 Å². The molecule has 0 unspecified atom stereocenters. The predicted octanol–water partition coefficient (Wildman–Crippen LogP) is 5.71. The van der Waals surface area contributed by atoms with Crippen molar-refractivity contribution >= 4 is 50.3 Å². The fourth-order valence-electron chi connectivity index (χ4n) is 5.36. The SMILES string of the molecule is COc1cc(N2C(=S)N[C@H](c3ccccn3)[C@H]2c2cc(C)n(-c3cc(Cl)ccc3OC)c2C)ccc1NS(C)(=O)=O. The maximum absolute atomic E-state index is 11.9. The zero-order chi connectivity index (χ0) is 29.5. The lowest BCUT2D eigenvalue weighted by molar-refractivity contribution is 0.412. The van der Waals surface area contributed by atoms with Crippen LogP contribution in [0.2, 0.25) is 5.02 Å². The Morgan fingerprint density at radius 1 is 1.02 bits per heavy atom. The Kier molecular flexibility index (Phi) is 7.87. The molecular weight excluding hydrogens is 582 g/mol. The Hall–Kier alpha value is -3.80. The van der Waals surface area contributed by atoms with E-state index in [4.69, 9.17) is 33.3 Å². The van der Waals surface area contributed by atoms with Crippen molar-refractivity contribution in [1.82, 2.24) is 14.9 Å². The Bertz CT molecular complexity index is 1730. The van der Waals surface area contributed by atoms with Gasteiger partial charge >= 0.3 is 0 Å². The van der Waals surface area contributed by atoms with Gasteiger partial charge in [-0.2, -0.15) is 0 Å². The number of thiocarbonyl (C=S) groups is 1. The summed E-state index contributed by atoms with van der Waals surface area (Å²) in [5.74, 6) is 1.06. The van der Waals surface area contributed by atoms with E-state index >= 15 is 0 Å². The van der Waals surface area contributed by atoms with Crippen LogP contribution in [0.15, 0.2) is 66.9 Å². The van der Waals surface area contributed by atoms with E-state index in [1.807, 2.05) is 48.2 Å². The fraction of sp³-hybridized carbons (Fsp3) is 0.241. The first-order valence-electron chi connectivity index (χ1n) is 12.7. The van der Waals surface area contributed by atoms with Crippen molar-refractivity contribution in [2.75, 3.05) is 30.1 Å². The third kappa shape index (κ3) is 5.57. The van der Waals surface area contributed by atoms with Crippen LogP contribution in [-0.4, -0.2) is 43.6 Å². The third-order valence-corrected chi connectivity index (χ3v) is 8.17. The molecule has 5 rings (SSSR count). The van der Waals surface area contributed by atoms with Crippen LogP contribution >= 0.6 is 23.8 Å². The number of benzene rings is 2. The van der Waals surface area contributed by atoms with Gasteiger partial charge in [0.05, 0.1) is 49.6 Å². The van der Waals surface area contributed by atoms with Gasteiger partial charge in [-0.1, -0.05) is 17.7 Å². The van der Waals surface area contributed by atoms with E-state index in [1.165, 1.54) is 7.11 Å². The topological polar surface area (TPSA) is 97.7 Å². The number of anilines is 2. The molecule has 0 aliphatic carbocycles.